The van der Waals surface area contributed by atoms with Gasteiger partial charge in [0, 0.05) is 11.8 Å². The topological polar surface area (TPSA) is 12.0 Å². The molecule has 0 spiro atoms. The lowest BCUT2D eigenvalue weighted by atomic mass is 9.87. The minimum Gasteiger partial charge on any atom is -0.261 e. The van der Waals surface area contributed by atoms with Crippen molar-refractivity contribution in [3.63, 3.8) is 0 Å². The molecule has 66 valence electrons. The highest BCUT2D eigenvalue weighted by molar-refractivity contribution is 7.97. The smallest absolute Gasteiger partial charge is 0.0197 e. The van der Waals surface area contributed by atoms with Crippen LogP contribution in [0.5, 0.6) is 0 Å². The molecule has 0 aromatic rings. The van der Waals surface area contributed by atoms with E-state index < -0.39 is 0 Å². The Hall–Kier alpha value is 0.310. The van der Waals surface area contributed by atoms with Gasteiger partial charge in [0.15, 0.2) is 0 Å². The highest BCUT2D eigenvalue weighted by Gasteiger charge is 2.20. The lowest BCUT2D eigenvalue weighted by molar-refractivity contribution is 0.316. The Balaban J connectivity index is 2.18. The van der Waals surface area contributed by atoms with E-state index in [1.54, 1.807) is 0 Å². The van der Waals surface area contributed by atoms with Gasteiger partial charge in [0.05, 0.1) is 0 Å². The summed E-state index contributed by atoms with van der Waals surface area (Å²) in [4.78, 5) is 0. The van der Waals surface area contributed by atoms with Crippen molar-refractivity contribution in [2.24, 2.45) is 5.92 Å². The van der Waals surface area contributed by atoms with Crippen LogP contribution in [-0.4, -0.2) is 11.8 Å². The number of nitrogens with one attached hydrogen (secondary N) is 1. The van der Waals surface area contributed by atoms with E-state index in [2.05, 4.69) is 18.6 Å². The maximum absolute atomic E-state index is 3.54. The van der Waals surface area contributed by atoms with E-state index in [-0.39, 0.29) is 0 Å². The van der Waals surface area contributed by atoms with Gasteiger partial charge in [-0.2, -0.15) is 0 Å². The molecule has 0 amide bonds. The Kier molecular flexibility index (Phi) is 4.31. The Morgan fingerprint density at radius 2 is 2.09 bits per heavy atom. The Morgan fingerprint density at radius 3 is 2.73 bits per heavy atom. The van der Waals surface area contributed by atoms with E-state index in [9.17, 15) is 0 Å². The fraction of sp³-hybridized carbons (Fsp3) is 1.00. The summed E-state index contributed by atoms with van der Waals surface area (Å²) in [5.41, 5.74) is 0. The first-order chi connectivity index (χ1) is 5.34. The molecule has 0 aromatic heterocycles. The van der Waals surface area contributed by atoms with Crippen molar-refractivity contribution in [2.75, 3.05) is 5.75 Å². The van der Waals surface area contributed by atoms with Crippen molar-refractivity contribution in [1.82, 2.24) is 4.72 Å². The molecule has 11 heavy (non-hydrogen) atoms. The van der Waals surface area contributed by atoms with Gasteiger partial charge in [-0.05, 0) is 18.8 Å². The fourth-order valence-corrected chi connectivity index (χ4v) is 2.41. The molecule has 0 heterocycles. The van der Waals surface area contributed by atoms with Gasteiger partial charge in [0.1, 0.15) is 0 Å². The monoisotopic (exact) mass is 173 g/mol. The number of hydrogen-bond donors (Lipinski definition) is 1. The van der Waals surface area contributed by atoms with Crippen LogP contribution in [0.2, 0.25) is 0 Å². The highest BCUT2D eigenvalue weighted by atomic mass is 32.2. The minimum absolute atomic E-state index is 0.786. The molecule has 0 aliphatic heterocycles. The van der Waals surface area contributed by atoms with Crippen molar-refractivity contribution < 1.29 is 0 Å². The molecule has 1 aliphatic rings. The van der Waals surface area contributed by atoms with Gasteiger partial charge in [-0.15, -0.1) is 0 Å². The molecular formula is C9H19NS. The molecule has 0 bridgehead atoms. The van der Waals surface area contributed by atoms with Crippen LogP contribution in [0.15, 0.2) is 0 Å². The molecule has 0 radical (unpaired) electrons. The lowest BCUT2D eigenvalue weighted by Crippen LogP contribution is -2.33. The summed E-state index contributed by atoms with van der Waals surface area (Å²) in [5, 5.41) is 0. The van der Waals surface area contributed by atoms with E-state index in [0.717, 1.165) is 12.0 Å². The van der Waals surface area contributed by atoms with Gasteiger partial charge in [-0.3, -0.25) is 4.72 Å². The average Bonchev–Trinajstić information content (AvgIpc) is 2.03. The van der Waals surface area contributed by atoms with E-state index in [1.165, 1.54) is 31.4 Å². The third kappa shape index (κ3) is 3.04. The van der Waals surface area contributed by atoms with Crippen molar-refractivity contribution >= 4 is 11.9 Å². The third-order valence-corrected chi connectivity index (χ3v) is 3.25. The summed E-state index contributed by atoms with van der Waals surface area (Å²) in [5.74, 6) is 2.08. The molecular weight excluding hydrogens is 154 g/mol. The SMILES string of the molecule is CCSNC1CCCC[C@@H]1C. The largest absolute Gasteiger partial charge is 0.261 e. The molecule has 1 nitrogen and oxygen atoms in total. The Bertz CT molecular complexity index is 106. The van der Waals surface area contributed by atoms with Crippen molar-refractivity contribution in [1.29, 1.82) is 0 Å². The Labute approximate surface area is 74.5 Å². The van der Waals surface area contributed by atoms with Gasteiger partial charge >= 0.3 is 0 Å². The number of rotatable bonds is 3. The molecule has 1 unspecified atom stereocenters. The van der Waals surface area contributed by atoms with Gasteiger partial charge in [0.2, 0.25) is 0 Å². The summed E-state index contributed by atoms with van der Waals surface area (Å²) in [6.45, 7) is 4.57. The van der Waals surface area contributed by atoms with Crippen LogP contribution >= 0.6 is 11.9 Å². The quantitative estimate of drug-likeness (QED) is 0.659. The summed E-state index contributed by atoms with van der Waals surface area (Å²) in [6.07, 6.45) is 5.67. The van der Waals surface area contributed by atoms with E-state index in [1.807, 2.05) is 11.9 Å². The first-order valence-electron chi connectivity index (χ1n) is 4.72. The second-order valence-corrected chi connectivity index (χ2v) is 4.52. The van der Waals surface area contributed by atoms with Gasteiger partial charge in [0.25, 0.3) is 0 Å². The van der Waals surface area contributed by atoms with Gasteiger partial charge < -0.3 is 0 Å². The molecule has 2 heteroatoms. The van der Waals surface area contributed by atoms with Crippen LogP contribution in [-0.2, 0) is 0 Å². The Morgan fingerprint density at radius 1 is 1.36 bits per heavy atom. The average molecular weight is 173 g/mol. The zero-order valence-corrected chi connectivity index (χ0v) is 8.41. The summed E-state index contributed by atoms with van der Waals surface area (Å²) in [6, 6.07) is 0.786. The standard InChI is InChI=1S/C9H19NS/c1-3-11-10-9-7-5-4-6-8(9)2/h8-10H,3-7H2,1-2H3/t8-,9?/m0/s1. The first-order valence-corrected chi connectivity index (χ1v) is 5.70. The maximum atomic E-state index is 3.54. The molecule has 1 saturated carbocycles. The van der Waals surface area contributed by atoms with Gasteiger partial charge in [-0.1, -0.05) is 38.6 Å². The summed E-state index contributed by atoms with van der Waals surface area (Å²) < 4.78 is 3.54. The molecule has 1 aliphatic carbocycles. The molecule has 0 aromatic carbocycles. The third-order valence-electron chi connectivity index (χ3n) is 2.49. The van der Waals surface area contributed by atoms with Gasteiger partial charge in [-0.25, -0.2) is 0 Å². The van der Waals surface area contributed by atoms with E-state index in [4.69, 9.17) is 0 Å². The van der Waals surface area contributed by atoms with E-state index in [0.29, 0.717) is 0 Å². The molecule has 1 fully saturated rings. The first kappa shape index (κ1) is 9.40. The normalized spacial score (nSPS) is 32.2. The molecule has 1 rings (SSSR count). The van der Waals surface area contributed by atoms with Crippen molar-refractivity contribution in [3.8, 4) is 0 Å². The van der Waals surface area contributed by atoms with Crippen LogP contribution in [0.4, 0.5) is 0 Å². The van der Waals surface area contributed by atoms with Crippen LogP contribution in [0.25, 0.3) is 0 Å². The number of hydrogen-bond acceptors (Lipinski definition) is 2. The van der Waals surface area contributed by atoms with E-state index >= 15 is 0 Å². The van der Waals surface area contributed by atoms with Crippen LogP contribution < -0.4 is 4.72 Å². The minimum atomic E-state index is 0.786. The maximum Gasteiger partial charge on any atom is 0.0197 e. The van der Waals surface area contributed by atoms with Crippen molar-refractivity contribution in [3.05, 3.63) is 0 Å². The summed E-state index contributed by atoms with van der Waals surface area (Å²) in [7, 11) is 0. The van der Waals surface area contributed by atoms with Crippen molar-refractivity contribution in [2.45, 2.75) is 45.6 Å². The van der Waals surface area contributed by atoms with Crippen LogP contribution in [0.3, 0.4) is 0 Å². The lowest BCUT2D eigenvalue weighted by Gasteiger charge is -2.28. The zero-order valence-electron chi connectivity index (χ0n) is 7.60. The fourth-order valence-electron chi connectivity index (χ4n) is 1.68. The zero-order chi connectivity index (χ0) is 8.10. The summed E-state index contributed by atoms with van der Waals surface area (Å²) >= 11 is 1.87. The van der Waals surface area contributed by atoms with Crippen LogP contribution in [0.1, 0.15) is 39.5 Å². The second-order valence-electron chi connectivity index (χ2n) is 3.42. The molecule has 2 atom stereocenters. The second kappa shape index (κ2) is 5.04. The van der Waals surface area contributed by atoms with Crippen LogP contribution in [0, 0.1) is 5.92 Å². The predicted molar refractivity (Wildman–Crippen MR) is 52.7 cm³/mol. The predicted octanol–water partition coefficient (Wildman–Crippen LogP) is 2.82. The molecule has 1 N–H and O–H groups in total. The highest BCUT2D eigenvalue weighted by Crippen LogP contribution is 2.24. The molecule has 0 saturated heterocycles.